The average molecular weight is 416 g/mol. The van der Waals surface area contributed by atoms with Gasteiger partial charge in [0.15, 0.2) is 0 Å². The van der Waals surface area contributed by atoms with Crippen LogP contribution < -0.4 is 14.9 Å². The number of nitrogens with one attached hydrogen (secondary N) is 2. The second-order valence-electron chi connectivity index (χ2n) is 7.29. The average Bonchev–Trinajstić information content (AvgIpc) is 2.98. The number of sulfonamides is 1. The molecule has 3 rings (SSSR count). The van der Waals surface area contributed by atoms with Gasteiger partial charge in [0.2, 0.25) is 21.8 Å². The predicted octanol–water partition coefficient (Wildman–Crippen LogP) is 2.60. The van der Waals surface area contributed by atoms with Crippen LogP contribution in [0.3, 0.4) is 0 Å². The summed E-state index contributed by atoms with van der Waals surface area (Å²) in [6.45, 7) is 5.38. The van der Waals surface area contributed by atoms with E-state index in [1.54, 1.807) is 29.2 Å². The van der Waals surface area contributed by atoms with Crippen molar-refractivity contribution >= 4 is 33.2 Å². The summed E-state index contributed by atoms with van der Waals surface area (Å²) in [5.41, 5.74) is 3.34. The zero-order valence-electron chi connectivity index (χ0n) is 16.7. The molecule has 2 N–H and O–H groups in total. The molecule has 1 atom stereocenters. The molecule has 0 spiro atoms. The number of amides is 2. The van der Waals surface area contributed by atoms with Crippen LogP contribution in [0.4, 0.5) is 11.4 Å². The number of rotatable bonds is 6. The SMILES string of the molecule is CC(=O)N1c2ccc(S(=O)(=O)NCCC(=O)Nc3ccc(C)cc3)cc2C[C@H]1C. The molecule has 1 heterocycles. The Morgan fingerprint density at radius 1 is 1.14 bits per heavy atom. The number of carbonyl (C=O) groups excluding carboxylic acids is 2. The minimum atomic E-state index is -3.74. The van der Waals surface area contributed by atoms with Crippen molar-refractivity contribution in [2.45, 2.75) is 44.6 Å². The summed E-state index contributed by atoms with van der Waals surface area (Å²) in [4.78, 5) is 25.6. The first-order chi connectivity index (χ1) is 13.7. The topological polar surface area (TPSA) is 95.6 Å². The Morgan fingerprint density at radius 3 is 2.48 bits per heavy atom. The van der Waals surface area contributed by atoms with Crippen LogP contribution in [0.2, 0.25) is 0 Å². The van der Waals surface area contributed by atoms with Crippen molar-refractivity contribution < 1.29 is 18.0 Å². The molecule has 2 aromatic rings. The predicted molar refractivity (Wildman–Crippen MR) is 112 cm³/mol. The first-order valence-electron chi connectivity index (χ1n) is 9.46. The number of hydrogen-bond donors (Lipinski definition) is 2. The number of nitrogens with zero attached hydrogens (tertiary/aromatic N) is 1. The summed E-state index contributed by atoms with van der Waals surface area (Å²) in [6, 6.07) is 12.1. The van der Waals surface area contributed by atoms with Crippen LogP contribution in [0, 0.1) is 6.92 Å². The molecule has 29 heavy (non-hydrogen) atoms. The molecule has 0 fully saturated rings. The van der Waals surface area contributed by atoms with E-state index >= 15 is 0 Å². The molecular formula is C21H25N3O4S. The van der Waals surface area contributed by atoms with Crippen molar-refractivity contribution in [3.63, 3.8) is 0 Å². The van der Waals surface area contributed by atoms with E-state index in [0.717, 1.165) is 16.8 Å². The van der Waals surface area contributed by atoms with Crippen LogP contribution >= 0.6 is 0 Å². The molecule has 0 bridgehead atoms. The third-order valence-corrected chi connectivity index (χ3v) is 6.35. The van der Waals surface area contributed by atoms with Gasteiger partial charge >= 0.3 is 0 Å². The molecule has 2 amide bonds. The van der Waals surface area contributed by atoms with Gasteiger partial charge in [-0.2, -0.15) is 0 Å². The van der Waals surface area contributed by atoms with Crippen molar-refractivity contribution in [1.29, 1.82) is 0 Å². The maximum atomic E-state index is 12.6. The lowest BCUT2D eigenvalue weighted by Gasteiger charge is -2.20. The molecule has 0 aliphatic carbocycles. The Balaban J connectivity index is 1.60. The molecule has 7 nitrogen and oxygen atoms in total. The van der Waals surface area contributed by atoms with E-state index in [4.69, 9.17) is 0 Å². The molecule has 0 aromatic heterocycles. The smallest absolute Gasteiger partial charge is 0.240 e. The Bertz CT molecular complexity index is 1030. The van der Waals surface area contributed by atoms with Crippen molar-refractivity contribution in [3.05, 3.63) is 53.6 Å². The molecular weight excluding hydrogens is 390 g/mol. The lowest BCUT2D eigenvalue weighted by molar-refractivity contribution is -0.117. The van der Waals surface area contributed by atoms with E-state index in [0.29, 0.717) is 12.1 Å². The summed E-state index contributed by atoms with van der Waals surface area (Å²) in [5, 5.41) is 2.74. The van der Waals surface area contributed by atoms with Gasteiger partial charge in [0.25, 0.3) is 0 Å². The highest BCUT2D eigenvalue weighted by Gasteiger charge is 2.30. The van der Waals surface area contributed by atoms with Crippen molar-refractivity contribution in [1.82, 2.24) is 4.72 Å². The highest BCUT2D eigenvalue weighted by atomic mass is 32.2. The van der Waals surface area contributed by atoms with Gasteiger partial charge in [-0.15, -0.1) is 0 Å². The van der Waals surface area contributed by atoms with Gasteiger partial charge in [-0.3, -0.25) is 9.59 Å². The standard InChI is InChI=1S/C21H25N3O4S/c1-14-4-6-18(7-5-14)23-21(26)10-11-22-29(27,28)19-8-9-20-17(13-19)12-15(2)24(20)16(3)25/h4-9,13,15,22H,10-12H2,1-3H3,(H,23,26)/t15-/m1/s1. The molecule has 2 aromatic carbocycles. The monoisotopic (exact) mass is 415 g/mol. The quantitative estimate of drug-likeness (QED) is 0.758. The molecule has 0 radical (unpaired) electrons. The summed E-state index contributed by atoms with van der Waals surface area (Å²) >= 11 is 0. The highest BCUT2D eigenvalue weighted by Crippen LogP contribution is 2.33. The van der Waals surface area contributed by atoms with Crippen molar-refractivity contribution in [3.8, 4) is 0 Å². The van der Waals surface area contributed by atoms with E-state index in [1.807, 2.05) is 26.0 Å². The fourth-order valence-corrected chi connectivity index (χ4v) is 4.58. The van der Waals surface area contributed by atoms with Crippen molar-refractivity contribution in [2.24, 2.45) is 0 Å². The summed E-state index contributed by atoms with van der Waals surface area (Å²) in [6.07, 6.45) is 0.629. The van der Waals surface area contributed by atoms with E-state index < -0.39 is 10.0 Å². The Labute approximate surface area is 171 Å². The van der Waals surface area contributed by atoms with Crippen LogP contribution in [0.15, 0.2) is 47.4 Å². The van der Waals surface area contributed by atoms with Crippen LogP contribution in [-0.4, -0.2) is 32.8 Å². The minimum Gasteiger partial charge on any atom is -0.326 e. The second-order valence-corrected chi connectivity index (χ2v) is 9.06. The van der Waals surface area contributed by atoms with Crippen LogP contribution in [-0.2, 0) is 26.0 Å². The van der Waals surface area contributed by atoms with Crippen molar-refractivity contribution in [2.75, 3.05) is 16.8 Å². The summed E-state index contributed by atoms with van der Waals surface area (Å²) in [7, 11) is -3.74. The molecule has 0 saturated carbocycles. The molecule has 154 valence electrons. The fourth-order valence-electron chi connectivity index (χ4n) is 3.50. The zero-order valence-corrected chi connectivity index (χ0v) is 17.5. The van der Waals surface area contributed by atoms with E-state index in [9.17, 15) is 18.0 Å². The van der Waals surface area contributed by atoms with Gasteiger partial charge in [0.1, 0.15) is 0 Å². The zero-order chi connectivity index (χ0) is 21.2. The number of fused-ring (bicyclic) bond motifs is 1. The summed E-state index contributed by atoms with van der Waals surface area (Å²) < 4.78 is 27.6. The fraction of sp³-hybridized carbons (Fsp3) is 0.333. The van der Waals surface area contributed by atoms with Crippen LogP contribution in [0.1, 0.15) is 31.4 Å². The van der Waals surface area contributed by atoms with Gasteiger partial charge in [-0.25, -0.2) is 13.1 Å². The third kappa shape index (κ3) is 4.83. The molecule has 0 saturated heterocycles. The molecule has 1 aliphatic heterocycles. The normalized spacial score (nSPS) is 15.8. The van der Waals surface area contributed by atoms with Crippen LogP contribution in [0.25, 0.3) is 0 Å². The number of benzene rings is 2. The van der Waals surface area contributed by atoms with Gasteiger partial charge < -0.3 is 10.2 Å². The first kappa shape index (κ1) is 21.0. The minimum absolute atomic E-state index is 0.00103. The van der Waals surface area contributed by atoms with E-state index in [1.165, 1.54) is 13.0 Å². The number of carbonyl (C=O) groups is 2. The first-order valence-corrected chi connectivity index (χ1v) is 10.9. The molecule has 8 heteroatoms. The Hall–Kier alpha value is -2.71. The highest BCUT2D eigenvalue weighted by molar-refractivity contribution is 7.89. The maximum absolute atomic E-state index is 12.6. The maximum Gasteiger partial charge on any atom is 0.240 e. The van der Waals surface area contributed by atoms with Gasteiger partial charge in [-0.1, -0.05) is 17.7 Å². The second kappa shape index (κ2) is 8.34. The van der Waals surface area contributed by atoms with Crippen LogP contribution in [0.5, 0.6) is 0 Å². The largest absolute Gasteiger partial charge is 0.326 e. The van der Waals surface area contributed by atoms with Gasteiger partial charge in [0, 0.05) is 37.3 Å². The Kier molecular flexibility index (Phi) is 6.04. The number of hydrogen-bond acceptors (Lipinski definition) is 4. The van der Waals surface area contributed by atoms with Gasteiger partial charge in [0.05, 0.1) is 4.90 Å². The lowest BCUT2D eigenvalue weighted by Crippen LogP contribution is -2.33. The Morgan fingerprint density at radius 2 is 1.83 bits per heavy atom. The van der Waals surface area contributed by atoms with Gasteiger partial charge in [-0.05, 0) is 56.2 Å². The third-order valence-electron chi connectivity index (χ3n) is 4.90. The van der Waals surface area contributed by atoms with E-state index in [2.05, 4.69) is 10.0 Å². The number of anilines is 2. The summed E-state index contributed by atoms with van der Waals surface area (Å²) in [5.74, 6) is -0.332. The number of aryl methyl sites for hydroxylation is 1. The van der Waals surface area contributed by atoms with E-state index in [-0.39, 0.29) is 35.7 Å². The lowest BCUT2D eigenvalue weighted by atomic mass is 10.1. The molecule has 0 unspecified atom stereocenters. The molecule has 1 aliphatic rings.